The molecule has 0 spiro atoms. The molecular formula is C5H14N4O2P+. The van der Waals surface area contributed by atoms with Crippen molar-refractivity contribution in [3.05, 3.63) is 0 Å². The number of nitrogens with two attached hydrogens (primary N) is 3. The summed E-state index contributed by atoms with van der Waals surface area (Å²) < 4.78 is 10.4. The highest BCUT2D eigenvalue weighted by molar-refractivity contribution is 7.38. The average Bonchev–Trinajstić information content (AvgIpc) is 1.97. The number of nitrogens with zero attached hydrogens (tertiary/aromatic N) is 1. The van der Waals surface area contributed by atoms with Crippen LogP contribution in [0.25, 0.3) is 0 Å². The summed E-state index contributed by atoms with van der Waals surface area (Å²) in [5.41, 5.74) is 15.4. The van der Waals surface area contributed by atoms with Gasteiger partial charge in [0, 0.05) is 13.0 Å². The maximum atomic E-state index is 10.4. The van der Waals surface area contributed by atoms with Crippen LogP contribution in [0.15, 0.2) is 4.99 Å². The molecule has 0 amide bonds. The van der Waals surface area contributed by atoms with Crippen LogP contribution in [0.1, 0.15) is 12.8 Å². The Morgan fingerprint density at radius 2 is 2.17 bits per heavy atom. The summed E-state index contributed by atoms with van der Waals surface area (Å²) >= 11 is 0. The lowest BCUT2D eigenvalue weighted by molar-refractivity contribution is 0.483. The summed E-state index contributed by atoms with van der Waals surface area (Å²) in [5.74, 6) is -0.647. The lowest BCUT2D eigenvalue weighted by atomic mass is 10.3. The molecule has 0 bridgehead atoms. The molecule has 2 atom stereocenters. The molecule has 7 heteroatoms. The highest BCUT2D eigenvalue weighted by Gasteiger charge is 2.22. The van der Waals surface area contributed by atoms with Crippen molar-refractivity contribution >= 4 is 14.0 Å². The molecule has 0 rings (SSSR count). The zero-order valence-electron chi connectivity index (χ0n) is 6.68. The normalized spacial score (nSPS) is 13.7. The van der Waals surface area contributed by atoms with E-state index in [1.165, 1.54) is 0 Å². The van der Waals surface area contributed by atoms with Gasteiger partial charge in [0.25, 0.3) is 0 Å². The summed E-state index contributed by atoms with van der Waals surface area (Å²) in [6.45, 7) is 0.444. The second-order valence-electron chi connectivity index (χ2n) is 2.32. The Hall–Kier alpha value is -0.710. The van der Waals surface area contributed by atoms with Crippen LogP contribution in [0.2, 0.25) is 0 Å². The van der Waals surface area contributed by atoms with Crippen LogP contribution < -0.4 is 17.2 Å². The van der Waals surface area contributed by atoms with Gasteiger partial charge in [-0.3, -0.25) is 10.7 Å². The van der Waals surface area contributed by atoms with Gasteiger partial charge in [0.05, 0.1) is 0 Å². The largest absolute Gasteiger partial charge is 0.524 e. The van der Waals surface area contributed by atoms with Crippen molar-refractivity contribution in [1.29, 1.82) is 0 Å². The van der Waals surface area contributed by atoms with Crippen LogP contribution in [-0.4, -0.2) is 23.2 Å². The van der Waals surface area contributed by atoms with Crippen molar-refractivity contribution in [1.82, 2.24) is 0 Å². The van der Waals surface area contributed by atoms with Crippen LogP contribution in [0.5, 0.6) is 0 Å². The smallest absolute Gasteiger partial charge is 0.370 e. The molecular weight excluding hydrogens is 179 g/mol. The van der Waals surface area contributed by atoms with E-state index < -0.39 is 13.8 Å². The van der Waals surface area contributed by atoms with Gasteiger partial charge < -0.3 is 11.5 Å². The van der Waals surface area contributed by atoms with Crippen LogP contribution in [0.3, 0.4) is 0 Å². The van der Waals surface area contributed by atoms with Gasteiger partial charge in [-0.1, -0.05) is 0 Å². The van der Waals surface area contributed by atoms with E-state index in [2.05, 4.69) is 4.99 Å². The van der Waals surface area contributed by atoms with Crippen molar-refractivity contribution in [2.45, 2.75) is 18.6 Å². The molecule has 0 saturated heterocycles. The van der Waals surface area contributed by atoms with E-state index in [4.69, 9.17) is 22.1 Å². The minimum absolute atomic E-state index is 0.0250. The lowest BCUT2D eigenvalue weighted by Crippen LogP contribution is -2.23. The minimum atomic E-state index is -2.28. The first kappa shape index (κ1) is 11.3. The fourth-order valence-corrected chi connectivity index (χ4v) is 1.02. The molecule has 0 aromatic rings. The zero-order valence-corrected chi connectivity index (χ0v) is 7.58. The van der Waals surface area contributed by atoms with Crippen molar-refractivity contribution in [3.63, 3.8) is 0 Å². The molecule has 0 aliphatic heterocycles. The Balaban J connectivity index is 3.44. The first-order valence-corrected chi connectivity index (χ1v) is 4.78. The number of guanidine groups is 1. The Morgan fingerprint density at radius 3 is 2.58 bits per heavy atom. The summed E-state index contributed by atoms with van der Waals surface area (Å²) in [7, 11) is -2.28. The molecule has 0 aromatic carbocycles. The summed E-state index contributed by atoms with van der Waals surface area (Å²) in [6, 6.07) is 0. The topological polar surface area (TPSA) is 128 Å². The Morgan fingerprint density at radius 1 is 1.58 bits per heavy atom. The van der Waals surface area contributed by atoms with Crippen LogP contribution >= 0.6 is 8.03 Å². The molecule has 12 heavy (non-hydrogen) atoms. The third kappa shape index (κ3) is 6.03. The van der Waals surface area contributed by atoms with Crippen LogP contribution in [0.4, 0.5) is 0 Å². The highest BCUT2D eigenvalue weighted by atomic mass is 31.1. The van der Waals surface area contributed by atoms with Gasteiger partial charge in [0.2, 0.25) is 5.78 Å². The minimum Gasteiger partial charge on any atom is -0.370 e. The van der Waals surface area contributed by atoms with Gasteiger partial charge in [0.15, 0.2) is 5.96 Å². The fourth-order valence-electron chi connectivity index (χ4n) is 0.619. The lowest BCUT2D eigenvalue weighted by Gasteiger charge is -1.96. The van der Waals surface area contributed by atoms with Gasteiger partial charge in [0.1, 0.15) is 0 Å². The van der Waals surface area contributed by atoms with E-state index in [1.807, 2.05) is 0 Å². The molecule has 7 N–H and O–H groups in total. The van der Waals surface area contributed by atoms with E-state index in [0.717, 1.165) is 0 Å². The van der Waals surface area contributed by atoms with Gasteiger partial charge in [-0.25, -0.2) is 0 Å². The molecule has 0 aliphatic carbocycles. The number of hydrogen-bond donors (Lipinski definition) is 4. The SMILES string of the molecule is NC(N)=NCCCC(N)[P+](=O)O. The summed E-state index contributed by atoms with van der Waals surface area (Å²) in [5, 5.41) is 0. The molecule has 0 fully saturated rings. The quantitative estimate of drug-likeness (QED) is 0.194. The van der Waals surface area contributed by atoms with E-state index in [-0.39, 0.29) is 5.96 Å². The third-order valence-corrected chi connectivity index (χ3v) is 2.06. The fraction of sp³-hybridized carbons (Fsp3) is 0.800. The standard InChI is InChI=1S/C5H13N4O2P/c6-4(12(10)11)2-1-3-9-5(7)8/h4H,1-3,6H2,(H4-,7,8,9,10,11)/p+1. The van der Waals surface area contributed by atoms with Crippen LogP contribution in [0, 0.1) is 0 Å². The van der Waals surface area contributed by atoms with Gasteiger partial charge in [-0.05, 0) is 11.0 Å². The summed E-state index contributed by atoms with van der Waals surface area (Å²) in [6.07, 6.45) is 1.06. The molecule has 0 aromatic heterocycles. The molecule has 0 saturated carbocycles. The maximum Gasteiger partial charge on any atom is 0.524 e. The van der Waals surface area contributed by atoms with Gasteiger partial charge in [-0.2, -0.15) is 4.89 Å². The second-order valence-corrected chi connectivity index (χ2v) is 3.59. The van der Waals surface area contributed by atoms with Gasteiger partial charge in [-0.15, -0.1) is 0 Å². The second kappa shape index (κ2) is 5.88. The van der Waals surface area contributed by atoms with Crippen LogP contribution in [-0.2, 0) is 4.57 Å². The van der Waals surface area contributed by atoms with Crippen molar-refractivity contribution in [3.8, 4) is 0 Å². The molecule has 0 heterocycles. The average molecular weight is 193 g/mol. The van der Waals surface area contributed by atoms with E-state index in [9.17, 15) is 4.57 Å². The summed E-state index contributed by atoms with van der Waals surface area (Å²) in [4.78, 5) is 12.2. The van der Waals surface area contributed by atoms with Crippen molar-refractivity contribution in [2.24, 2.45) is 22.2 Å². The Bertz CT molecular complexity index is 180. The predicted molar refractivity (Wildman–Crippen MR) is 47.7 cm³/mol. The van der Waals surface area contributed by atoms with E-state index in [1.54, 1.807) is 0 Å². The monoisotopic (exact) mass is 193 g/mol. The van der Waals surface area contributed by atoms with Crippen molar-refractivity contribution in [2.75, 3.05) is 6.54 Å². The molecule has 70 valence electrons. The molecule has 0 radical (unpaired) electrons. The predicted octanol–water partition coefficient (Wildman–Crippen LogP) is -0.940. The molecule has 0 aliphatic rings. The number of hydrogen-bond acceptors (Lipinski definition) is 3. The Labute approximate surface area is 71.7 Å². The van der Waals surface area contributed by atoms with E-state index in [0.29, 0.717) is 19.4 Å². The maximum absolute atomic E-state index is 10.4. The van der Waals surface area contributed by atoms with Gasteiger partial charge >= 0.3 is 8.03 Å². The molecule has 6 nitrogen and oxygen atoms in total. The first-order chi connectivity index (χ1) is 5.54. The first-order valence-electron chi connectivity index (χ1n) is 3.50. The third-order valence-electron chi connectivity index (χ3n) is 1.24. The highest BCUT2D eigenvalue weighted by Crippen LogP contribution is 2.21. The van der Waals surface area contributed by atoms with E-state index >= 15 is 0 Å². The zero-order chi connectivity index (χ0) is 9.56. The Kier molecular flexibility index (Phi) is 5.53. The number of aliphatic imine (C=N–C) groups is 1. The molecule has 2 unspecified atom stereocenters. The van der Waals surface area contributed by atoms with Crippen molar-refractivity contribution < 1.29 is 9.46 Å². The number of rotatable bonds is 5.